The molecule has 1 rings (SSSR count). The Balaban J connectivity index is 0.00000196. The topological polar surface area (TPSA) is 20.2 Å². The maximum absolute atomic E-state index is 8.94. The molecule has 3 heteroatoms. The maximum Gasteiger partial charge on any atom is 0.104 e. The summed E-state index contributed by atoms with van der Waals surface area (Å²) in [5.74, 6) is 0. The van der Waals surface area contributed by atoms with Crippen LogP contribution < -0.4 is 24.0 Å². The third-order valence-corrected chi connectivity index (χ3v) is 2.14. The van der Waals surface area contributed by atoms with Gasteiger partial charge < -0.3 is 33.6 Å². The molecule has 1 aromatic carbocycles. The monoisotopic (exact) mass is 321 g/mol. The number of halogens is 1. The van der Waals surface area contributed by atoms with Gasteiger partial charge in [0, 0.05) is 12.2 Å². The average Bonchev–Trinajstić information content (AvgIpc) is 2.06. The fourth-order valence-electron chi connectivity index (χ4n) is 1.59. The van der Waals surface area contributed by atoms with Gasteiger partial charge in [0.2, 0.25) is 0 Å². The highest BCUT2D eigenvalue weighted by atomic mass is 127. The Bertz CT molecular complexity index is 294. The van der Waals surface area contributed by atoms with E-state index in [4.69, 9.17) is 5.11 Å². The fraction of sp³-hybridized carbons (Fsp3) is 0.500. The number of hydrogen-bond donors (Lipinski definition) is 1. The van der Waals surface area contributed by atoms with Gasteiger partial charge in [0.05, 0.1) is 21.1 Å². The predicted octanol–water partition coefficient (Wildman–Crippen LogP) is -1.57. The summed E-state index contributed by atoms with van der Waals surface area (Å²) in [6.45, 7) is 1.24. The molecule has 0 bridgehead atoms. The van der Waals surface area contributed by atoms with Gasteiger partial charge in [0.25, 0.3) is 0 Å². The molecule has 0 amide bonds. The highest BCUT2D eigenvalue weighted by molar-refractivity contribution is 5.26. The van der Waals surface area contributed by atoms with Gasteiger partial charge in [-0.1, -0.05) is 24.3 Å². The van der Waals surface area contributed by atoms with E-state index in [-0.39, 0.29) is 30.6 Å². The van der Waals surface area contributed by atoms with E-state index < -0.39 is 0 Å². The molecule has 86 valence electrons. The van der Waals surface area contributed by atoms with E-state index in [0.717, 1.165) is 17.4 Å². The molecular weight excluding hydrogens is 301 g/mol. The first-order valence-corrected chi connectivity index (χ1v) is 5.01. The minimum atomic E-state index is 0. The Morgan fingerprint density at radius 1 is 1.07 bits per heavy atom. The van der Waals surface area contributed by atoms with Crippen molar-refractivity contribution in [3.8, 4) is 0 Å². The summed E-state index contributed by atoms with van der Waals surface area (Å²) < 4.78 is 0.919. The van der Waals surface area contributed by atoms with Crippen molar-refractivity contribution in [1.29, 1.82) is 0 Å². The standard InChI is InChI=1S/C12H20NO.HI/c1-13(2,3)10-12-7-5-4-6-11(12)8-9-14;/h4-7,14H,8-10H2,1-3H3;1H/q+1;/p-1. The highest BCUT2D eigenvalue weighted by Crippen LogP contribution is 2.13. The zero-order valence-corrected chi connectivity index (χ0v) is 11.9. The van der Waals surface area contributed by atoms with Crippen LogP contribution in [0.25, 0.3) is 0 Å². The molecule has 0 radical (unpaired) electrons. The van der Waals surface area contributed by atoms with Crippen LogP contribution in [0.1, 0.15) is 11.1 Å². The number of benzene rings is 1. The summed E-state index contributed by atoms with van der Waals surface area (Å²) in [4.78, 5) is 0. The average molecular weight is 321 g/mol. The van der Waals surface area contributed by atoms with E-state index >= 15 is 0 Å². The lowest BCUT2D eigenvalue weighted by molar-refractivity contribution is -0.884. The molecule has 1 N–H and O–H groups in total. The number of aliphatic hydroxyl groups is 1. The zero-order chi connectivity index (χ0) is 10.6. The van der Waals surface area contributed by atoms with Crippen LogP contribution in [-0.4, -0.2) is 37.3 Å². The number of quaternary nitrogens is 1. The van der Waals surface area contributed by atoms with Gasteiger partial charge in [-0.05, 0) is 12.0 Å². The van der Waals surface area contributed by atoms with Crippen LogP contribution in [0, 0.1) is 0 Å². The summed E-state index contributed by atoms with van der Waals surface area (Å²) in [5, 5.41) is 8.94. The number of rotatable bonds is 4. The number of aliphatic hydroxyl groups excluding tert-OH is 1. The second-order valence-corrected chi connectivity index (χ2v) is 4.69. The lowest BCUT2D eigenvalue weighted by atomic mass is 10.0. The van der Waals surface area contributed by atoms with Crippen LogP contribution >= 0.6 is 0 Å². The van der Waals surface area contributed by atoms with Crippen molar-refractivity contribution < 1.29 is 33.6 Å². The Hall–Kier alpha value is -0.130. The van der Waals surface area contributed by atoms with Crippen LogP contribution in [0.4, 0.5) is 0 Å². The Morgan fingerprint density at radius 2 is 1.60 bits per heavy atom. The van der Waals surface area contributed by atoms with Crippen LogP contribution in [0.2, 0.25) is 0 Å². The molecule has 0 atom stereocenters. The van der Waals surface area contributed by atoms with Gasteiger partial charge in [-0.25, -0.2) is 0 Å². The van der Waals surface area contributed by atoms with Gasteiger partial charge in [0.15, 0.2) is 0 Å². The Labute approximate surface area is 110 Å². The first-order chi connectivity index (χ1) is 6.53. The molecule has 15 heavy (non-hydrogen) atoms. The molecule has 0 aliphatic rings. The number of nitrogens with zero attached hydrogens (tertiary/aromatic N) is 1. The number of hydrogen-bond acceptors (Lipinski definition) is 1. The third kappa shape index (κ3) is 5.49. The van der Waals surface area contributed by atoms with Crippen molar-refractivity contribution >= 4 is 0 Å². The SMILES string of the molecule is C[N+](C)(C)Cc1ccccc1CCO.[I-]. The van der Waals surface area contributed by atoms with Crippen molar-refractivity contribution in [3.63, 3.8) is 0 Å². The molecule has 0 heterocycles. The molecule has 0 spiro atoms. The van der Waals surface area contributed by atoms with Gasteiger partial charge in [-0.15, -0.1) is 0 Å². The largest absolute Gasteiger partial charge is 1.00 e. The smallest absolute Gasteiger partial charge is 0.104 e. The van der Waals surface area contributed by atoms with E-state index in [2.05, 4.69) is 39.3 Å². The summed E-state index contributed by atoms with van der Waals surface area (Å²) >= 11 is 0. The van der Waals surface area contributed by atoms with Crippen LogP contribution in [0.15, 0.2) is 24.3 Å². The molecule has 0 saturated carbocycles. The summed E-state index contributed by atoms with van der Waals surface area (Å²) in [6, 6.07) is 8.34. The van der Waals surface area contributed by atoms with Crippen molar-refractivity contribution in [2.45, 2.75) is 13.0 Å². The van der Waals surface area contributed by atoms with E-state index in [1.54, 1.807) is 0 Å². The summed E-state index contributed by atoms with van der Waals surface area (Å²) in [7, 11) is 6.53. The zero-order valence-electron chi connectivity index (χ0n) is 9.70. The molecule has 0 aromatic heterocycles. The van der Waals surface area contributed by atoms with Crippen molar-refractivity contribution in [3.05, 3.63) is 35.4 Å². The van der Waals surface area contributed by atoms with Crippen molar-refractivity contribution in [2.75, 3.05) is 27.7 Å². The molecule has 0 fully saturated rings. The predicted molar refractivity (Wildman–Crippen MR) is 59.0 cm³/mol. The Morgan fingerprint density at radius 3 is 2.07 bits per heavy atom. The van der Waals surface area contributed by atoms with Crippen molar-refractivity contribution in [2.24, 2.45) is 0 Å². The molecular formula is C12H20INO. The molecule has 0 unspecified atom stereocenters. The highest BCUT2D eigenvalue weighted by Gasteiger charge is 2.11. The van der Waals surface area contributed by atoms with E-state index in [1.807, 2.05) is 6.07 Å². The second kappa shape index (κ2) is 6.45. The van der Waals surface area contributed by atoms with E-state index in [0.29, 0.717) is 0 Å². The minimum absolute atomic E-state index is 0. The third-order valence-electron chi connectivity index (χ3n) is 2.14. The molecule has 0 aliphatic carbocycles. The van der Waals surface area contributed by atoms with Crippen molar-refractivity contribution in [1.82, 2.24) is 0 Å². The lowest BCUT2D eigenvalue weighted by Gasteiger charge is -2.25. The summed E-state index contributed by atoms with van der Waals surface area (Å²) in [6.07, 6.45) is 0.760. The van der Waals surface area contributed by atoms with Gasteiger partial charge >= 0.3 is 0 Å². The first kappa shape index (κ1) is 14.9. The molecule has 0 saturated heterocycles. The Kier molecular flexibility index (Phi) is 6.40. The fourth-order valence-corrected chi connectivity index (χ4v) is 1.59. The van der Waals surface area contributed by atoms with Gasteiger partial charge in [-0.2, -0.15) is 0 Å². The second-order valence-electron chi connectivity index (χ2n) is 4.69. The minimum Gasteiger partial charge on any atom is -1.00 e. The van der Waals surface area contributed by atoms with E-state index in [1.165, 1.54) is 11.1 Å². The van der Waals surface area contributed by atoms with Gasteiger partial charge in [0.1, 0.15) is 6.54 Å². The van der Waals surface area contributed by atoms with Crippen LogP contribution in [0.3, 0.4) is 0 Å². The molecule has 1 aromatic rings. The molecule has 2 nitrogen and oxygen atoms in total. The maximum atomic E-state index is 8.94. The normalized spacial score (nSPS) is 10.9. The van der Waals surface area contributed by atoms with Crippen LogP contribution in [0.5, 0.6) is 0 Å². The summed E-state index contributed by atoms with van der Waals surface area (Å²) in [5.41, 5.74) is 2.61. The molecule has 0 aliphatic heterocycles. The van der Waals surface area contributed by atoms with Crippen LogP contribution in [-0.2, 0) is 13.0 Å². The van der Waals surface area contributed by atoms with Gasteiger partial charge in [-0.3, -0.25) is 0 Å². The quantitative estimate of drug-likeness (QED) is 0.525. The lowest BCUT2D eigenvalue weighted by Crippen LogP contribution is -3.00. The first-order valence-electron chi connectivity index (χ1n) is 5.01. The van der Waals surface area contributed by atoms with E-state index in [9.17, 15) is 0 Å².